The molecule has 0 atom stereocenters. The average Bonchev–Trinajstić information content (AvgIpc) is 3.67. The first-order valence-corrected chi connectivity index (χ1v) is 11.2. The van der Waals surface area contributed by atoms with Gasteiger partial charge in [0, 0.05) is 37.8 Å². The smallest absolute Gasteiger partial charge is 0.231 e. The third-order valence-corrected chi connectivity index (χ3v) is 6.19. The Balaban J connectivity index is 1.17. The molecule has 1 aromatic carbocycles. The van der Waals surface area contributed by atoms with Gasteiger partial charge >= 0.3 is 0 Å². The summed E-state index contributed by atoms with van der Waals surface area (Å²) in [4.78, 5) is 24.2. The summed E-state index contributed by atoms with van der Waals surface area (Å²) >= 11 is 0. The number of aromatic amines is 1. The molecule has 12 heteroatoms. The number of rotatable bonds is 5. The molecule has 1 saturated heterocycles. The Kier molecular flexibility index (Phi) is 5.17. The molecule has 0 spiro atoms. The van der Waals surface area contributed by atoms with E-state index in [1.54, 1.807) is 23.6 Å². The van der Waals surface area contributed by atoms with Gasteiger partial charge in [0.15, 0.2) is 11.6 Å². The van der Waals surface area contributed by atoms with Gasteiger partial charge in [-0.05, 0) is 17.7 Å². The number of hydrogen-bond donors (Lipinski definition) is 1. The van der Waals surface area contributed by atoms with E-state index < -0.39 is 5.82 Å². The average molecular weight is 472 g/mol. The molecule has 5 heterocycles. The first kappa shape index (κ1) is 21.0. The Hall–Kier alpha value is -4.61. The standard InChI is InChI=1S/C23H21FN10O/c24-18-14-26-22(34-7-6-27-30-34)21-20(18)16(13-25-21)12-19(35)31-8-10-32(11-9-31)23-29-28-15-33(23)17-4-2-1-3-5-17/h1-7,13-15,25H,8-12H2. The number of aromatic nitrogens is 8. The van der Waals surface area contributed by atoms with Gasteiger partial charge in [-0.1, -0.05) is 23.4 Å². The van der Waals surface area contributed by atoms with Crippen LogP contribution in [0.25, 0.3) is 22.4 Å². The quantitative estimate of drug-likeness (QED) is 0.415. The Labute approximate surface area is 198 Å². The summed E-state index contributed by atoms with van der Waals surface area (Å²) in [5, 5.41) is 16.4. The van der Waals surface area contributed by atoms with Crippen molar-refractivity contribution in [1.82, 2.24) is 44.6 Å². The van der Waals surface area contributed by atoms with Crippen LogP contribution < -0.4 is 4.90 Å². The van der Waals surface area contributed by atoms with Crippen LogP contribution in [-0.2, 0) is 11.2 Å². The van der Waals surface area contributed by atoms with E-state index in [1.165, 1.54) is 10.9 Å². The fourth-order valence-corrected chi connectivity index (χ4v) is 4.44. The predicted octanol–water partition coefficient (Wildman–Crippen LogP) is 1.75. The summed E-state index contributed by atoms with van der Waals surface area (Å²) in [6, 6.07) is 9.89. The molecule has 11 nitrogen and oxygen atoms in total. The normalized spacial score (nSPS) is 14.1. The molecule has 176 valence electrons. The number of fused-ring (bicyclic) bond motifs is 1. The molecule has 0 saturated carbocycles. The second-order valence-electron chi connectivity index (χ2n) is 8.22. The number of benzene rings is 1. The summed E-state index contributed by atoms with van der Waals surface area (Å²) in [6.45, 7) is 2.33. The van der Waals surface area contributed by atoms with Crippen molar-refractivity contribution in [1.29, 1.82) is 0 Å². The van der Waals surface area contributed by atoms with Crippen molar-refractivity contribution in [2.24, 2.45) is 0 Å². The van der Waals surface area contributed by atoms with Gasteiger partial charge in [0.2, 0.25) is 11.9 Å². The maximum absolute atomic E-state index is 14.7. The number of para-hydroxylation sites is 1. The van der Waals surface area contributed by atoms with Crippen molar-refractivity contribution in [3.8, 4) is 11.5 Å². The van der Waals surface area contributed by atoms with Crippen molar-refractivity contribution in [2.45, 2.75) is 6.42 Å². The zero-order valence-corrected chi connectivity index (χ0v) is 18.6. The Bertz CT molecular complexity index is 1470. The number of piperazine rings is 1. The van der Waals surface area contributed by atoms with Crippen LogP contribution in [-0.4, -0.2) is 76.7 Å². The molecule has 6 rings (SSSR count). The van der Waals surface area contributed by atoms with E-state index in [1.807, 2.05) is 34.9 Å². The maximum atomic E-state index is 14.7. The lowest BCUT2D eigenvalue weighted by atomic mass is 10.1. The Morgan fingerprint density at radius 1 is 1.09 bits per heavy atom. The highest BCUT2D eigenvalue weighted by molar-refractivity contribution is 5.92. The minimum Gasteiger partial charge on any atom is -0.358 e. The van der Waals surface area contributed by atoms with Gasteiger partial charge in [-0.3, -0.25) is 9.36 Å². The number of nitrogens with zero attached hydrogens (tertiary/aromatic N) is 9. The largest absolute Gasteiger partial charge is 0.358 e. The van der Waals surface area contributed by atoms with Crippen LogP contribution in [0.2, 0.25) is 0 Å². The number of anilines is 1. The predicted molar refractivity (Wildman–Crippen MR) is 125 cm³/mol. The lowest BCUT2D eigenvalue weighted by molar-refractivity contribution is -0.130. The molecule has 4 aromatic heterocycles. The molecule has 0 bridgehead atoms. The van der Waals surface area contributed by atoms with Crippen LogP contribution in [0.4, 0.5) is 10.3 Å². The summed E-state index contributed by atoms with van der Waals surface area (Å²) in [5.74, 6) is 0.621. The zero-order chi connectivity index (χ0) is 23.8. The van der Waals surface area contributed by atoms with Crippen LogP contribution in [0.5, 0.6) is 0 Å². The first-order valence-electron chi connectivity index (χ1n) is 11.2. The minimum atomic E-state index is -0.488. The second kappa shape index (κ2) is 8.63. The summed E-state index contributed by atoms with van der Waals surface area (Å²) in [5.41, 5.74) is 2.04. The molecule has 1 N–H and O–H groups in total. The van der Waals surface area contributed by atoms with E-state index >= 15 is 0 Å². The zero-order valence-electron chi connectivity index (χ0n) is 18.6. The van der Waals surface area contributed by atoms with Crippen LogP contribution >= 0.6 is 0 Å². The van der Waals surface area contributed by atoms with E-state index in [-0.39, 0.29) is 12.3 Å². The first-order chi connectivity index (χ1) is 17.2. The monoisotopic (exact) mass is 472 g/mol. The molecule has 1 amide bonds. The number of hydrogen-bond acceptors (Lipinski definition) is 7. The van der Waals surface area contributed by atoms with E-state index in [4.69, 9.17) is 0 Å². The molecular weight excluding hydrogens is 451 g/mol. The van der Waals surface area contributed by atoms with Gasteiger partial charge < -0.3 is 14.8 Å². The van der Waals surface area contributed by atoms with E-state index in [2.05, 4.69) is 35.4 Å². The number of nitrogens with one attached hydrogen (secondary N) is 1. The van der Waals surface area contributed by atoms with Gasteiger partial charge in [0.1, 0.15) is 6.33 Å². The van der Waals surface area contributed by atoms with Crippen molar-refractivity contribution in [3.63, 3.8) is 0 Å². The van der Waals surface area contributed by atoms with Crippen LogP contribution in [0, 0.1) is 5.82 Å². The van der Waals surface area contributed by atoms with Crippen LogP contribution in [0.3, 0.4) is 0 Å². The van der Waals surface area contributed by atoms with Crippen molar-refractivity contribution in [2.75, 3.05) is 31.1 Å². The third-order valence-electron chi connectivity index (χ3n) is 6.19. The maximum Gasteiger partial charge on any atom is 0.231 e. The van der Waals surface area contributed by atoms with E-state index in [9.17, 15) is 9.18 Å². The highest BCUT2D eigenvalue weighted by Crippen LogP contribution is 2.26. The lowest BCUT2D eigenvalue weighted by Crippen LogP contribution is -2.49. The lowest BCUT2D eigenvalue weighted by Gasteiger charge is -2.35. The number of halogens is 1. The molecule has 1 aliphatic heterocycles. The number of pyridine rings is 1. The molecule has 5 aromatic rings. The second-order valence-corrected chi connectivity index (χ2v) is 8.22. The summed E-state index contributed by atoms with van der Waals surface area (Å²) in [6.07, 6.45) is 7.72. The molecule has 1 aliphatic rings. The molecule has 1 fully saturated rings. The van der Waals surface area contributed by atoms with Crippen molar-refractivity contribution < 1.29 is 9.18 Å². The van der Waals surface area contributed by atoms with Crippen molar-refractivity contribution >= 4 is 22.8 Å². The topological polar surface area (TPSA) is 114 Å². The Morgan fingerprint density at radius 2 is 1.91 bits per heavy atom. The fourth-order valence-electron chi connectivity index (χ4n) is 4.44. The molecule has 0 radical (unpaired) electrons. The van der Waals surface area contributed by atoms with E-state index in [0.29, 0.717) is 48.5 Å². The molecule has 0 unspecified atom stereocenters. The number of H-pyrrole nitrogens is 1. The van der Waals surface area contributed by atoms with E-state index in [0.717, 1.165) is 17.8 Å². The number of carbonyl (C=O) groups is 1. The van der Waals surface area contributed by atoms with Gasteiger partial charge in [0.25, 0.3) is 0 Å². The molecule has 35 heavy (non-hydrogen) atoms. The fraction of sp³-hybridized carbons (Fsp3) is 0.217. The summed E-state index contributed by atoms with van der Waals surface area (Å²) in [7, 11) is 0. The highest BCUT2D eigenvalue weighted by Gasteiger charge is 2.26. The number of amides is 1. The van der Waals surface area contributed by atoms with Gasteiger partial charge in [-0.25, -0.2) is 14.1 Å². The van der Waals surface area contributed by atoms with Gasteiger partial charge in [-0.15, -0.1) is 15.3 Å². The highest BCUT2D eigenvalue weighted by atomic mass is 19.1. The van der Waals surface area contributed by atoms with Gasteiger partial charge in [0.05, 0.1) is 36.2 Å². The minimum absolute atomic E-state index is 0.0615. The van der Waals surface area contributed by atoms with Crippen LogP contribution in [0.15, 0.2) is 61.4 Å². The number of carbonyl (C=O) groups excluding carboxylic acids is 1. The SMILES string of the molecule is O=C(Cc1c[nH]c2c(-n3ccnn3)ncc(F)c12)N1CCN(c2nncn2-c2ccccc2)CC1. The van der Waals surface area contributed by atoms with Gasteiger partial charge in [-0.2, -0.15) is 0 Å². The third kappa shape index (κ3) is 3.78. The van der Waals surface area contributed by atoms with Crippen LogP contribution in [0.1, 0.15) is 5.56 Å². The summed E-state index contributed by atoms with van der Waals surface area (Å²) < 4.78 is 18.1. The molecular formula is C23H21FN10O. The molecule has 0 aliphatic carbocycles. The van der Waals surface area contributed by atoms with Crippen molar-refractivity contribution in [3.05, 3.63) is 72.8 Å². The Morgan fingerprint density at radius 3 is 2.69 bits per heavy atom.